The molecule has 0 bridgehead atoms. The number of aromatic amines is 1. The Morgan fingerprint density at radius 1 is 1.03 bits per heavy atom. The lowest BCUT2D eigenvalue weighted by atomic mass is 10.0. The number of benzene rings is 1. The molecule has 0 atom stereocenters. The Bertz CT molecular complexity index is 1380. The van der Waals surface area contributed by atoms with Crippen molar-refractivity contribution in [3.05, 3.63) is 71.8 Å². The van der Waals surface area contributed by atoms with Crippen LogP contribution in [0.4, 0.5) is 19.0 Å². The maximum Gasteiger partial charge on any atom is 0.419 e. The third-order valence-corrected chi connectivity index (χ3v) is 6.36. The molecule has 0 radical (unpaired) electrons. The van der Waals surface area contributed by atoms with Gasteiger partial charge in [-0.25, -0.2) is 4.98 Å². The number of hydrogen-bond acceptors (Lipinski definition) is 5. The largest absolute Gasteiger partial charge is 0.419 e. The van der Waals surface area contributed by atoms with E-state index in [1.54, 1.807) is 18.3 Å². The topological polar surface area (TPSA) is 86.8 Å². The standard InChI is InChI=1S/C26H25F3N6O/c27-26(28,29)21-6-5-9-31-24(21)32-25(36)23-20-13-18(7-8-22(20)33-34-23)19-12-17(14-30-15-19)16-35-10-3-1-2-4-11-35/h5-9,12-15H,1-4,10-11,16H2,(H,33,34)(H,31,32,36). The summed E-state index contributed by atoms with van der Waals surface area (Å²) in [5, 5.41) is 9.58. The number of carbonyl (C=O) groups is 1. The van der Waals surface area contributed by atoms with Crippen LogP contribution >= 0.6 is 0 Å². The average Bonchev–Trinajstić information content (AvgIpc) is 3.12. The van der Waals surface area contributed by atoms with Gasteiger partial charge in [0.1, 0.15) is 5.82 Å². The first-order valence-corrected chi connectivity index (χ1v) is 11.9. The molecule has 1 aromatic carbocycles. The minimum Gasteiger partial charge on any atom is -0.305 e. The second-order valence-electron chi connectivity index (χ2n) is 8.96. The first-order valence-electron chi connectivity index (χ1n) is 11.9. The molecule has 1 amide bonds. The van der Waals surface area contributed by atoms with E-state index in [-0.39, 0.29) is 5.69 Å². The van der Waals surface area contributed by atoms with Crippen LogP contribution in [0, 0.1) is 0 Å². The van der Waals surface area contributed by atoms with E-state index in [9.17, 15) is 18.0 Å². The van der Waals surface area contributed by atoms with Crippen LogP contribution in [0.5, 0.6) is 0 Å². The van der Waals surface area contributed by atoms with Gasteiger partial charge in [-0.1, -0.05) is 18.9 Å². The van der Waals surface area contributed by atoms with Crippen molar-refractivity contribution in [1.29, 1.82) is 0 Å². The Kier molecular flexibility index (Phi) is 6.69. The van der Waals surface area contributed by atoms with Gasteiger partial charge in [-0.3, -0.25) is 19.8 Å². The van der Waals surface area contributed by atoms with Gasteiger partial charge in [0.25, 0.3) is 5.91 Å². The minimum atomic E-state index is -4.65. The van der Waals surface area contributed by atoms with Crippen LogP contribution in [0.1, 0.15) is 47.3 Å². The number of halogens is 3. The minimum absolute atomic E-state index is 0.0145. The van der Waals surface area contributed by atoms with Crippen molar-refractivity contribution in [1.82, 2.24) is 25.1 Å². The second kappa shape index (κ2) is 10.1. The smallest absolute Gasteiger partial charge is 0.305 e. The molecule has 1 fully saturated rings. The van der Waals surface area contributed by atoms with Crippen molar-refractivity contribution >= 4 is 22.6 Å². The summed E-state index contributed by atoms with van der Waals surface area (Å²) in [5.74, 6) is -1.34. The van der Waals surface area contributed by atoms with Crippen LogP contribution in [0.25, 0.3) is 22.0 Å². The molecule has 0 saturated carbocycles. The molecule has 1 aliphatic rings. The SMILES string of the molecule is O=C(Nc1ncccc1C(F)(F)F)c1n[nH]c2ccc(-c3cncc(CN4CCCCCC4)c3)cc12. The van der Waals surface area contributed by atoms with Crippen LogP contribution in [0.2, 0.25) is 0 Å². The van der Waals surface area contributed by atoms with Crippen LogP contribution in [0.15, 0.2) is 55.0 Å². The summed E-state index contributed by atoms with van der Waals surface area (Å²) < 4.78 is 39.9. The number of anilines is 1. The van der Waals surface area contributed by atoms with Gasteiger partial charge in [0.05, 0.1) is 11.1 Å². The predicted octanol–water partition coefficient (Wildman–Crippen LogP) is 5.67. The molecule has 7 nitrogen and oxygen atoms in total. The van der Waals surface area contributed by atoms with Gasteiger partial charge >= 0.3 is 6.18 Å². The van der Waals surface area contributed by atoms with E-state index in [4.69, 9.17) is 0 Å². The molecule has 0 unspecified atom stereocenters. The highest BCUT2D eigenvalue weighted by Crippen LogP contribution is 2.34. The molecule has 186 valence electrons. The Morgan fingerprint density at radius 3 is 2.61 bits per heavy atom. The van der Waals surface area contributed by atoms with E-state index < -0.39 is 23.5 Å². The lowest BCUT2D eigenvalue weighted by Gasteiger charge is -2.19. The number of rotatable bonds is 5. The number of likely N-dealkylation sites (tertiary alicyclic amines) is 1. The number of hydrogen-bond donors (Lipinski definition) is 2. The fraction of sp³-hybridized carbons (Fsp3) is 0.308. The second-order valence-corrected chi connectivity index (χ2v) is 8.96. The van der Waals surface area contributed by atoms with E-state index in [2.05, 4.69) is 36.4 Å². The third-order valence-electron chi connectivity index (χ3n) is 6.36. The number of nitrogens with one attached hydrogen (secondary N) is 2. The summed E-state index contributed by atoms with van der Waals surface area (Å²) in [6, 6.07) is 9.61. The van der Waals surface area contributed by atoms with E-state index >= 15 is 0 Å². The van der Waals surface area contributed by atoms with Crippen molar-refractivity contribution in [2.24, 2.45) is 0 Å². The molecule has 3 aromatic heterocycles. The van der Waals surface area contributed by atoms with Gasteiger partial charge in [0.2, 0.25) is 0 Å². The van der Waals surface area contributed by atoms with Gasteiger partial charge in [-0.05, 0) is 67.4 Å². The third kappa shape index (κ3) is 5.23. The highest BCUT2D eigenvalue weighted by molar-refractivity contribution is 6.11. The molecule has 2 N–H and O–H groups in total. The van der Waals surface area contributed by atoms with E-state index in [0.29, 0.717) is 10.9 Å². The summed E-state index contributed by atoms with van der Waals surface area (Å²) in [5.41, 5.74) is 2.38. The van der Waals surface area contributed by atoms with Crippen molar-refractivity contribution in [3.8, 4) is 11.1 Å². The average molecular weight is 495 g/mol. The summed E-state index contributed by atoms with van der Waals surface area (Å²) in [6.45, 7) is 2.99. The number of alkyl halides is 3. The Balaban J connectivity index is 1.41. The normalized spacial score (nSPS) is 15.1. The molecule has 1 saturated heterocycles. The first-order chi connectivity index (χ1) is 17.4. The van der Waals surface area contributed by atoms with Crippen LogP contribution in [0.3, 0.4) is 0 Å². The maximum atomic E-state index is 13.3. The number of amides is 1. The fourth-order valence-electron chi connectivity index (χ4n) is 4.55. The Hall–Kier alpha value is -3.79. The Labute approximate surface area is 205 Å². The number of H-pyrrole nitrogens is 1. The zero-order chi connectivity index (χ0) is 25.1. The van der Waals surface area contributed by atoms with Gasteiger partial charge in [0.15, 0.2) is 5.69 Å². The summed E-state index contributed by atoms with van der Waals surface area (Å²) in [4.78, 5) is 23.5. The molecule has 0 spiro atoms. The summed E-state index contributed by atoms with van der Waals surface area (Å²) in [6.07, 6.45) is 5.13. The van der Waals surface area contributed by atoms with E-state index in [1.807, 2.05) is 12.3 Å². The molecular weight excluding hydrogens is 469 g/mol. The summed E-state index contributed by atoms with van der Waals surface area (Å²) >= 11 is 0. The highest BCUT2D eigenvalue weighted by atomic mass is 19.4. The summed E-state index contributed by atoms with van der Waals surface area (Å²) in [7, 11) is 0. The van der Waals surface area contributed by atoms with Crippen LogP contribution in [-0.2, 0) is 12.7 Å². The van der Waals surface area contributed by atoms with Gasteiger partial charge in [0, 0.05) is 36.1 Å². The zero-order valence-electron chi connectivity index (χ0n) is 19.5. The molecule has 36 heavy (non-hydrogen) atoms. The number of aromatic nitrogens is 4. The molecule has 5 rings (SSSR count). The molecule has 10 heteroatoms. The number of nitrogens with zero attached hydrogens (tertiary/aromatic N) is 4. The van der Waals surface area contributed by atoms with Crippen LogP contribution in [-0.4, -0.2) is 44.1 Å². The molecule has 4 aromatic rings. The highest BCUT2D eigenvalue weighted by Gasteiger charge is 2.35. The Morgan fingerprint density at radius 2 is 1.83 bits per heavy atom. The lowest BCUT2D eigenvalue weighted by molar-refractivity contribution is -0.137. The lowest BCUT2D eigenvalue weighted by Crippen LogP contribution is -2.24. The monoisotopic (exact) mass is 494 g/mol. The predicted molar refractivity (Wildman–Crippen MR) is 130 cm³/mol. The van der Waals surface area contributed by atoms with Crippen molar-refractivity contribution in [2.45, 2.75) is 38.4 Å². The van der Waals surface area contributed by atoms with Gasteiger partial charge in [-0.15, -0.1) is 0 Å². The maximum absolute atomic E-state index is 13.3. The van der Waals surface area contributed by atoms with Crippen molar-refractivity contribution in [2.75, 3.05) is 18.4 Å². The fourth-order valence-corrected chi connectivity index (χ4v) is 4.55. The van der Waals surface area contributed by atoms with Crippen molar-refractivity contribution < 1.29 is 18.0 Å². The van der Waals surface area contributed by atoms with E-state index in [1.165, 1.54) is 37.9 Å². The molecule has 4 heterocycles. The number of fused-ring (bicyclic) bond motifs is 1. The van der Waals surface area contributed by atoms with Gasteiger partial charge in [-0.2, -0.15) is 18.3 Å². The molecular formula is C26H25F3N6O. The first kappa shape index (κ1) is 23.9. The van der Waals surface area contributed by atoms with Crippen LogP contribution < -0.4 is 5.32 Å². The number of carbonyl (C=O) groups excluding carboxylic acids is 1. The molecule has 0 aliphatic carbocycles. The van der Waals surface area contributed by atoms with Crippen molar-refractivity contribution in [3.63, 3.8) is 0 Å². The zero-order valence-corrected chi connectivity index (χ0v) is 19.5. The number of pyridine rings is 2. The quantitative estimate of drug-likeness (QED) is 0.374. The van der Waals surface area contributed by atoms with E-state index in [0.717, 1.165) is 42.4 Å². The van der Waals surface area contributed by atoms with Gasteiger partial charge < -0.3 is 5.32 Å². The molecule has 1 aliphatic heterocycles.